The number of hydrogen-bond acceptors (Lipinski definition) is 4. The summed E-state index contributed by atoms with van der Waals surface area (Å²) < 4.78 is 27.6. The molecule has 30 heavy (non-hydrogen) atoms. The first-order valence-corrected chi connectivity index (χ1v) is 10.7. The number of rotatable bonds is 5. The van der Waals surface area contributed by atoms with Crippen molar-refractivity contribution in [1.29, 1.82) is 0 Å². The van der Waals surface area contributed by atoms with Crippen LogP contribution in [0, 0.1) is 0 Å². The van der Waals surface area contributed by atoms with E-state index in [-0.39, 0.29) is 31.8 Å². The number of hydrogen-bond donors (Lipinski definition) is 3. The molecule has 0 saturated carbocycles. The Hall–Kier alpha value is -3.07. The molecule has 0 aliphatic rings. The molecule has 3 aromatic carbocycles. The second-order valence-corrected chi connectivity index (χ2v) is 8.50. The zero-order chi connectivity index (χ0) is 21.7. The smallest absolute Gasteiger partial charge is 0.271 e. The quantitative estimate of drug-likeness (QED) is 0.499. The van der Waals surface area contributed by atoms with Crippen LogP contribution in [0.15, 0.2) is 77.7 Å². The molecule has 7 nitrogen and oxygen atoms in total. The Morgan fingerprint density at radius 1 is 0.733 bits per heavy atom. The van der Waals surface area contributed by atoms with Gasteiger partial charge in [-0.2, -0.15) is 0 Å². The van der Waals surface area contributed by atoms with Crippen molar-refractivity contribution in [3.05, 3.63) is 94.0 Å². The fourth-order valence-electron chi connectivity index (χ4n) is 2.45. The van der Waals surface area contributed by atoms with E-state index in [9.17, 15) is 18.0 Å². The lowest BCUT2D eigenvalue weighted by molar-refractivity contribution is 0.0846. The first kappa shape index (κ1) is 21.6. The number of sulfonamides is 1. The van der Waals surface area contributed by atoms with Gasteiger partial charge in [-0.05, 0) is 42.5 Å². The topological polar surface area (TPSA) is 104 Å². The summed E-state index contributed by atoms with van der Waals surface area (Å²) in [5, 5.41) is 0.459. The highest BCUT2D eigenvalue weighted by atomic mass is 35.5. The van der Waals surface area contributed by atoms with Crippen molar-refractivity contribution >= 4 is 50.7 Å². The number of carbonyl (C=O) groups excluding carboxylic acids is 2. The van der Waals surface area contributed by atoms with E-state index in [0.29, 0.717) is 0 Å². The highest BCUT2D eigenvalue weighted by Crippen LogP contribution is 2.24. The number of para-hydroxylation sites is 1. The Balaban J connectivity index is 1.73. The van der Waals surface area contributed by atoms with Gasteiger partial charge in [0.05, 0.1) is 26.2 Å². The van der Waals surface area contributed by atoms with E-state index in [1.54, 1.807) is 36.4 Å². The summed E-state index contributed by atoms with van der Waals surface area (Å²) in [5.41, 5.74) is 4.88. The first-order chi connectivity index (χ1) is 14.3. The molecule has 10 heteroatoms. The van der Waals surface area contributed by atoms with E-state index in [4.69, 9.17) is 23.2 Å². The third kappa shape index (κ3) is 5.10. The summed E-state index contributed by atoms with van der Waals surface area (Å²) >= 11 is 11.9. The second-order valence-electron chi connectivity index (χ2n) is 6.00. The maximum Gasteiger partial charge on any atom is 0.271 e. The van der Waals surface area contributed by atoms with Gasteiger partial charge in [-0.25, -0.2) is 8.42 Å². The van der Waals surface area contributed by atoms with Crippen molar-refractivity contribution in [3.8, 4) is 0 Å². The summed E-state index contributed by atoms with van der Waals surface area (Å²) in [7, 11) is -3.99. The third-order valence-corrected chi connectivity index (χ3v) is 5.96. The number of carbonyl (C=O) groups is 2. The molecule has 0 heterocycles. The molecule has 0 aliphatic heterocycles. The van der Waals surface area contributed by atoms with Gasteiger partial charge in [0.1, 0.15) is 0 Å². The molecule has 3 rings (SSSR count). The minimum atomic E-state index is -3.99. The Kier molecular flexibility index (Phi) is 6.61. The maximum absolute atomic E-state index is 12.6. The van der Waals surface area contributed by atoms with Crippen LogP contribution in [-0.2, 0) is 10.0 Å². The van der Waals surface area contributed by atoms with Gasteiger partial charge in [0.25, 0.3) is 21.8 Å². The van der Waals surface area contributed by atoms with E-state index in [1.165, 1.54) is 36.4 Å². The average molecular weight is 464 g/mol. The summed E-state index contributed by atoms with van der Waals surface area (Å²) in [4.78, 5) is 24.3. The van der Waals surface area contributed by atoms with Crippen LogP contribution < -0.4 is 15.6 Å². The molecule has 0 fully saturated rings. The fraction of sp³-hybridized carbons (Fsp3) is 0. The average Bonchev–Trinajstić information content (AvgIpc) is 2.74. The summed E-state index contributed by atoms with van der Waals surface area (Å²) in [6, 6.07) is 18.0. The number of anilines is 1. The molecule has 3 aromatic rings. The maximum atomic E-state index is 12.6. The SMILES string of the molecule is O=C(NNC(=O)c1ccccc1Cl)c1cccc(S(=O)(=O)Nc2ccccc2Cl)c1. The lowest BCUT2D eigenvalue weighted by Gasteiger charge is -2.11. The summed E-state index contributed by atoms with van der Waals surface area (Å²) in [6.07, 6.45) is 0. The Bertz CT molecular complexity index is 1220. The van der Waals surface area contributed by atoms with E-state index >= 15 is 0 Å². The van der Waals surface area contributed by atoms with E-state index in [1.807, 2.05) is 0 Å². The molecule has 0 atom stereocenters. The Morgan fingerprint density at radius 3 is 2.07 bits per heavy atom. The predicted molar refractivity (Wildman–Crippen MR) is 115 cm³/mol. The number of amides is 2. The molecule has 0 unspecified atom stereocenters. The molecule has 0 aromatic heterocycles. The lowest BCUT2D eigenvalue weighted by atomic mass is 10.2. The van der Waals surface area contributed by atoms with Crippen LogP contribution in [0.5, 0.6) is 0 Å². The van der Waals surface area contributed by atoms with Crippen LogP contribution in [-0.4, -0.2) is 20.2 Å². The lowest BCUT2D eigenvalue weighted by Crippen LogP contribution is -2.41. The summed E-state index contributed by atoms with van der Waals surface area (Å²) in [6.45, 7) is 0. The van der Waals surface area contributed by atoms with E-state index in [2.05, 4.69) is 15.6 Å². The molecule has 2 amide bonds. The van der Waals surface area contributed by atoms with Crippen LogP contribution >= 0.6 is 23.2 Å². The zero-order valence-electron chi connectivity index (χ0n) is 15.2. The predicted octanol–water partition coefficient (Wildman–Crippen LogP) is 3.87. The molecule has 0 spiro atoms. The van der Waals surface area contributed by atoms with E-state index in [0.717, 1.165) is 0 Å². The van der Waals surface area contributed by atoms with E-state index < -0.39 is 21.8 Å². The van der Waals surface area contributed by atoms with Crippen molar-refractivity contribution in [1.82, 2.24) is 10.9 Å². The van der Waals surface area contributed by atoms with Gasteiger partial charge in [-0.3, -0.25) is 25.2 Å². The number of nitrogens with one attached hydrogen (secondary N) is 3. The molecule has 0 aliphatic carbocycles. The van der Waals surface area contributed by atoms with Crippen molar-refractivity contribution < 1.29 is 18.0 Å². The van der Waals surface area contributed by atoms with Crippen LogP contribution in [0.25, 0.3) is 0 Å². The van der Waals surface area contributed by atoms with Gasteiger partial charge in [-0.1, -0.05) is 53.5 Å². The number of halogens is 2. The molecule has 3 N–H and O–H groups in total. The van der Waals surface area contributed by atoms with Gasteiger partial charge in [0, 0.05) is 5.56 Å². The minimum absolute atomic E-state index is 0.0245. The Morgan fingerprint density at radius 2 is 1.37 bits per heavy atom. The normalized spacial score (nSPS) is 10.9. The monoisotopic (exact) mass is 463 g/mol. The minimum Gasteiger partial charge on any atom is -0.278 e. The van der Waals surface area contributed by atoms with Crippen molar-refractivity contribution in [2.45, 2.75) is 4.90 Å². The van der Waals surface area contributed by atoms with Crippen molar-refractivity contribution in [2.75, 3.05) is 4.72 Å². The molecule has 0 radical (unpaired) electrons. The van der Waals surface area contributed by atoms with Crippen molar-refractivity contribution in [3.63, 3.8) is 0 Å². The molecule has 154 valence electrons. The molecular formula is C20H15Cl2N3O4S. The second kappa shape index (κ2) is 9.17. The largest absolute Gasteiger partial charge is 0.278 e. The number of hydrazine groups is 1. The first-order valence-electron chi connectivity index (χ1n) is 8.50. The molecular weight excluding hydrogens is 449 g/mol. The standard InChI is InChI=1S/C20H15Cl2N3O4S/c21-16-9-2-1-8-15(16)20(27)24-23-19(26)13-6-5-7-14(12-13)30(28,29)25-18-11-4-3-10-17(18)22/h1-12,25H,(H,23,26)(H,24,27). The highest BCUT2D eigenvalue weighted by Gasteiger charge is 2.18. The van der Waals surface area contributed by atoms with Gasteiger partial charge in [0.2, 0.25) is 0 Å². The Labute approximate surface area is 183 Å². The van der Waals surface area contributed by atoms with Crippen LogP contribution in [0.3, 0.4) is 0 Å². The zero-order valence-corrected chi connectivity index (χ0v) is 17.6. The molecule has 0 bridgehead atoms. The highest BCUT2D eigenvalue weighted by molar-refractivity contribution is 7.92. The number of benzene rings is 3. The van der Waals surface area contributed by atoms with Crippen LogP contribution in [0.2, 0.25) is 10.0 Å². The van der Waals surface area contributed by atoms with Crippen molar-refractivity contribution in [2.24, 2.45) is 0 Å². The summed E-state index contributed by atoms with van der Waals surface area (Å²) in [5.74, 6) is -1.32. The van der Waals surface area contributed by atoms with Crippen LogP contribution in [0.1, 0.15) is 20.7 Å². The van der Waals surface area contributed by atoms with Gasteiger partial charge in [-0.15, -0.1) is 0 Å². The third-order valence-electron chi connectivity index (χ3n) is 3.93. The van der Waals surface area contributed by atoms with Crippen LogP contribution in [0.4, 0.5) is 5.69 Å². The van der Waals surface area contributed by atoms with Gasteiger partial charge < -0.3 is 0 Å². The van der Waals surface area contributed by atoms with Gasteiger partial charge >= 0.3 is 0 Å². The fourth-order valence-corrected chi connectivity index (χ4v) is 4.04. The molecule has 0 saturated heterocycles. The van der Waals surface area contributed by atoms with Gasteiger partial charge in [0.15, 0.2) is 0 Å².